The summed E-state index contributed by atoms with van der Waals surface area (Å²) in [7, 11) is 0. The highest BCUT2D eigenvalue weighted by Crippen LogP contribution is 2.56. The van der Waals surface area contributed by atoms with Gasteiger partial charge in [0.25, 0.3) is 0 Å². The van der Waals surface area contributed by atoms with Gasteiger partial charge in [-0.3, -0.25) is 0 Å². The molecule has 2 nitrogen and oxygen atoms in total. The Balaban J connectivity index is 0.865. The molecule has 0 aliphatic heterocycles. The average Bonchev–Trinajstić information content (AvgIpc) is 3.81. The van der Waals surface area contributed by atoms with Crippen molar-refractivity contribution in [3.63, 3.8) is 0 Å². The molecular formula is C73H54N2. The zero-order chi connectivity index (χ0) is 50.2. The molecule has 12 rings (SSSR count). The summed E-state index contributed by atoms with van der Waals surface area (Å²) in [4.78, 5) is 2.36. The number of allylic oxidation sites excluding steroid dienone is 4. The molecule has 0 bridgehead atoms. The van der Waals surface area contributed by atoms with Gasteiger partial charge in [0.1, 0.15) is 0 Å². The predicted octanol–water partition coefficient (Wildman–Crippen LogP) is 19.2. The molecule has 0 saturated carbocycles. The van der Waals surface area contributed by atoms with Crippen LogP contribution in [0.15, 0.2) is 316 Å². The SMILES string of the molecule is C(=C/c1ccc(-c2ccccc2)cc1)/C(=C\C=C\Nc1ccc(C2(c3ccc(N(c4ccc(-c5ccccc5)cc4)c4ccc(-c5ccccc5)cc4)cc3)c3ccccc3-c3ccccc32)cc1)c1ccccc1. The Morgan fingerprint density at radius 3 is 1.19 bits per heavy atom. The Bertz CT molecular complexity index is 3640. The number of fused-ring (bicyclic) bond motifs is 3. The Morgan fingerprint density at radius 2 is 0.720 bits per heavy atom. The molecule has 2 heteroatoms. The number of nitrogens with one attached hydrogen (secondary N) is 1. The quantitative estimate of drug-likeness (QED) is 0.109. The molecule has 0 amide bonds. The van der Waals surface area contributed by atoms with Crippen LogP contribution in [0.25, 0.3) is 56.2 Å². The van der Waals surface area contributed by atoms with Crippen molar-refractivity contribution >= 4 is 34.4 Å². The molecule has 1 aliphatic rings. The van der Waals surface area contributed by atoms with E-state index in [1.807, 2.05) is 6.20 Å². The fraction of sp³-hybridized carbons (Fsp3) is 0.0137. The summed E-state index contributed by atoms with van der Waals surface area (Å²) in [5.41, 5.74) is 21.8. The third-order valence-corrected chi connectivity index (χ3v) is 14.5. The lowest BCUT2D eigenvalue weighted by atomic mass is 9.67. The zero-order valence-electron chi connectivity index (χ0n) is 41.5. The first kappa shape index (κ1) is 46.3. The minimum Gasteiger partial charge on any atom is -0.362 e. The first-order chi connectivity index (χ1) is 37.2. The van der Waals surface area contributed by atoms with Crippen LogP contribution in [0.5, 0.6) is 0 Å². The molecule has 0 aromatic heterocycles. The molecule has 0 heterocycles. The second-order valence-electron chi connectivity index (χ2n) is 18.9. The normalized spacial score (nSPS) is 12.6. The van der Waals surface area contributed by atoms with Crippen molar-refractivity contribution in [3.05, 3.63) is 349 Å². The summed E-state index contributed by atoms with van der Waals surface area (Å²) in [6.45, 7) is 0. The summed E-state index contributed by atoms with van der Waals surface area (Å²) in [5.74, 6) is 0. The average molecular weight is 959 g/mol. The van der Waals surface area contributed by atoms with E-state index in [2.05, 4.69) is 326 Å². The van der Waals surface area contributed by atoms with Crippen molar-refractivity contribution in [1.29, 1.82) is 0 Å². The Morgan fingerprint density at radius 1 is 0.347 bits per heavy atom. The maximum Gasteiger partial charge on any atom is 0.0713 e. The minimum absolute atomic E-state index is 0.554. The maximum absolute atomic E-state index is 3.58. The van der Waals surface area contributed by atoms with Gasteiger partial charge in [0.2, 0.25) is 0 Å². The standard InChI is InChI=1S/C73H54N2/c1-5-18-55(19-6-1)59(34-31-54-32-35-60(36-33-54)56-20-7-2-8-21-56)26-17-53-74-65-45-41-63(42-46-65)73(71-29-15-13-27-69(71)70-28-14-16-30-72(70)73)64-43-51-68(52-44-64)75(66-47-37-61(38-48-66)57-22-9-3-10-23-57)67-49-39-62(40-50-67)58-24-11-4-12-25-58/h1-53,74H/b34-31-,53-17+,59-26+. The molecule has 0 fully saturated rings. The van der Waals surface area contributed by atoms with Crippen LogP contribution in [0.1, 0.15) is 33.4 Å². The number of hydrogen-bond acceptors (Lipinski definition) is 2. The molecular weight excluding hydrogens is 905 g/mol. The van der Waals surface area contributed by atoms with E-state index in [0.29, 0.717) is 0 Å². The zero-order valence-corrected chi connectivity index (χ0v) is 41.5. The highest BCUT2D eigenvalue weighted by Gasteiger charge is 2.46. The molecule has 1 N–H and O–H groups in total. The molecule has 75 heavy (non-hydrogen) atoms. The summed E-state index contributed by atoms with van der Waals surface area (Å²) < 4.78 is 0. The molecule has 11 aromatic rings. The largest absolute Gasteiger partial charge is 0.362 e. The van der Waals surface area contributed by atoms with E-state index in [1.54, 1.807) is 0 Å². The maximum atomic E-state index is 3.58. The van der Waals surface area contributed by atoms with Gasteiger partial charge in [-0.05, 0) is 138 Å². The third-order valence-electron chi connectivity index (χ3n) is 14.5. The number of nitrogens with zero attached hydrogens (tertiary/aromatic N) is 1. The lowest BCUT2D eigenvalue weighted by molar-refractivity contribution is 0.768. The van der Waals surface area contributed by atoms with Crippen LogP contribution in [0.3, 0.4) is 0 Å². The summed E-state index contributed by atoms with van der Waals surface area (Å²) >= 11 is 0. The minimum atomic E-state index is -0.554. The van der Waals surface area contributed by atoms with E-state index < -0.39 is 5.41 Å². The van der Waals surface area contributed by atoms with Crippen molar-refractivity contribution in [2.24, 2.45) is 0 Å². The summed E-state index contributed by atoms with van der Waals surface area (Å²) in [5, 5.41) is 3.58. The molecule has 11 aromatic carbocycles. The van der Waals surface area contributed by atoms with Gasteiger partial charge in [-0.2, -0.15) is 0 Å². The fourth-order valence-electron chi connectivity index (χ4n) is 10.8. The highest BCUT2D eigenvalue weighted by atomic mass is 15.1. The van der Waals surface area contributed by atoms with Gasteiger partial charge in [0.05, 0.1) is 5.41 Å². The Kier molecular flexibility index (Phi) is 13.1. The van der Waals surface area contributed by atoms with Crippen LogP contribution in [-0.4, -0.2) is 0 Å². The lowest BCUT2D eigenvalue weighted by Gasteiger charge is -2.34. The van der Waals surface area contributed by atoms with Gasteiger partial charge in [-0.25, -0.2) is 0 Å². The predicted molar refractivity (Wildman–Crippen MR) is 317 cm³/mol. The van der Waals surface area contributed by atoms with Crippen molar-refractivity contribution in [3.8, 4) is 44.5 Å². The monoisotopic (exact) mass is 958 g/mol. The van der Waals surface area contributed by atoms with Crippen molar-refractivity contribution in [2.75, 3.05) is 10.2 Å². The molecule has 356 valence electrons. The van der Waals surface area contributed by atoms with E-state index in [9.17, 15) is 0 Å². The molecule has 0 unspecified atom stereocenters. The second-order valence-corrected chi connectivity index (χ2v) is 18.9. The first-order valence-corrected chi connectivity index (χ1v) is 25.7. The van der Waals surface area contributed by atoms with Gasteiger partial charge in [0, 0.05) is 28.9 Å². The van der Waals surface area contributed by atoms with Gasteiger partial charge in [-0.15, -0.1) is 0 Å². The van der Waals surface area contributed by atoms with Crippen LogP contribution in [0, 0.1) is 0 Å². The summed E-state index contributed by atoms with van der Waals surface area (Å²) in [6, 6.07) is 105. The van der Waals surface area contributed by atoms with Crippen molar-refractivity contribution in [1.82, 2.24) is 0 Å². The number of anilines is 4. The molecule has 0 radical (unpaired) electrons. The van der Waals surface area contributed by atoms with Crippen LogP contribution >= 0.6 is 0 Å². The fourth-order valence-corrected chi connectivity index (χ4v) is 10.8. The molecule has 1 aliphatic carbocycles. The van der Waals surface area contributed by atoms with E-state index in [1.165, 1.54) is 66.8 Å². The lowest BCUT2D eigenvalue weighted by Crippen LogP contribution is -2.28. The van der Waals surface area contributed by atoms with Crippen LogP contribution in [-0.2, 0) is 5.41 Å². The summed E-state index contributed by atoms with van der Waals surface area (Å²) in [6.07, 6.45) is 10.6. The van der Waals surface area contributed by atoms with Gasteiger partial charge in [0.15, 0.2) is 0 Å². The van der Waals surface area contributed by atoms with E-state index in [0.717, 1.165) is 39.4 Å². The van der Waals surface area contributed by atoms with Crippen LogP contribution in [0.2, 0.25) is 0 Å². The molecule has 0 saturated heterocycles. The Labute approximate surface area is 441 Å². The first-order valence-electron chi connectivity index (χ1n) is 25.7. The van der Waals surface area contributed by atoms with Gasteiger partial charge in [-0.1, -0.05) is 261 Å². The van der Waals surface area contributed by atoms with E-state index in [4.69, 9.17) is 0 Å². The highest BCUT2D eigenvalue weighted by molar-refractivity contribution is 5.87. The smallest absolute Gasteiger partial charge is 0.0713 e. The van der Waals surface area contributed by atoms with Crippen LogP contribution < -0.4 is 10.2 Å². The molecule has 0 spiro atoms. The molecule has 0 atom stereocenters. The third kappa shape index (κ3) is 9.45. The van der Waals surface area contributed by atoms with Crippen LogP contribution in [0.4, 0.5) is 22.7 Å². The van der Waals surface area contributed by atoms with Gasteiger partial charge >= 0.3 is 0 Å². The number of rotatable bonds is 14. The topological polar surface area (TPSA) is 15.3 Å². The number of hydrogen-bond donors (Lipinski definition) is 1. The van der Waals surface area contributed by atoms with E-state index in [-0.39, 0.29) is 0 Å². The Hall–Kier alpha value is -9.76. The van der Waals surface area contributed by atoms with Crippen molar-refractivity contribution < 1.29 is 0 Å². The van der Waals surface area contributed by atoms with E-state index >= 15 is 0 Å². The number of benzene rings is 11. The second kappa shape index (κ2) is 21.1. The van der Waals surface area contributed by atoms with Gasteiger partial charge < -0.3 is 10.2 Å². The van der Waals surface area contributed by atoms with Crippen molar-refractivity contribution in [2.45, 2.75) is 5.41 Å².